The maximum atomic E-state index is 13.5. The molecule has 0 spiro atoms. The third-order valence-corrected chi connectivity index (χ3v) is 4.05. The van der Waals surface area contributed by atoms with Gasteiger partial charge in [-0.25, -0.2) is 13.8 Å². The molecular formula is C12H4Cl4F2N2O. The molecule has 9 heteroatoms. The fourth-order valence-corrected chi connectivity index (χ4v) is 2.23. The molecule has 2 rings (SSSR count). The Morgan fingerprint density at radius 3 is 2.38 bits per heavy atom. The van der Waals surface area contributed by atoms with Gasteiger partial charge in [-0.05, 0) is 12.1 Å². The van der Waals surface area contributed by atoms with Gasteiger partial charge in [-0.3, -0.25) is 4.79 Å². The van der Waals surface area contributed by atoms with Crippen molar-refractivity contribution in [2.24, 2.45) is 0 Å². The number of benzene rings is 1. The lowest BCUT2D eigenvalue weighted by atomic mass is 10.2. The quantitative estimate of drug-likeness (QED) is 0.734. The number of aromatic nitrogens is 1. The summed E-state index contributed by atoms with van der Waals surface area (Å²) in [6, 6.07) is 2.58. The maximum absolute atomic E-state index is 13.5. The van der Waals surface area contributed by atoms with E-state index in [1.54, 1.807) is 0 Å². The SMILES string of the molecule is O=C(Nc1cc(F)ccc1F)c1nc(Cl)c(Cl)c(Cl)c1Cl. The number of rotatable bonds is 2. The molecule has 0 unspecified atom stereocenters. The van der Waals surface area contributed by atoms with Gasteiger partial charge in [0, 0.05) is 6.07 Å². The van der Waals surface area contributed by atoms with Gasteiger partial charge in [0.15, 0.2) is 0 Å². The van der Waals surface area contributed by atoms with Gasteiger partial charge in [-0.1, -0.05) is 46.4 Å². The molecule has 1 aromatic carbocycles. The molecule has 3 nitrogen and oxygen atoms in total. The lowest BCUT2D eigenvalue weighted by molar-refractivity contribution is 0.102. The van der Waals surface area contributed by atoms with Crippen LogP contribution < -0.4 is 5.32 Å². The molecule has 0 atom stereocenters. The van der Waals surface area contributed by atoms with E-state index in [1.165, 1.54) is 0 Å². The molecule has 0 aliphatic carbocycles. The number of hydrogen-bond donors (Lipinski definition) is 1. The van der Waals surface area contributed by atoms with Crippen molar-refractivity contribution in [1.82, 2.24) is 4.98 Å². The number of carbonyl (C=O) groups excluding carboxylic acids is 1. The van der Waals surface area contributed by atoms with Crippen LogP contribution in [0, 0.1) is 11.6 Å². The normalized spacial score (nSPS) is 10.6. The lowest BCUT2D eigenvalue weighted by Gasteiger charge is -2.09. The van der Waals surface area contributed by atoms with E-state index in [4.69, 9.17) is 46.4 Å². The molecular weight excluding hydrogens is 368 g/mol. The predicted molar refractivity (Wildman–Crippen MR) is 78.6 cm³/mol. The molecule has 0 aliphatic rings. The van der Waals surface area contributed by atoms with Gasteiger partial charge in [0.2, 0.25) is 0 Å². The Morgan fingerprint density at radius 2 is 1.71 bits per heavy atom. The zero-order chi connectivity index (χ0) is 15.7. The van der Waals surface area contributed by atoms with E-state index in [2.05, 4.69) is 10.3 Å². The minimum absolute atomic E-state index is 0.114. The highest BCUT2D eigenvalue weighted by atomic mass is 35.5. The fraction of sp³-hybridized carbons (Fsp3) is 0. The van der Waals surface area contributed by atoms with E-state index in [9.17, 15) is 13.6 Å². The third kappa shape index (κ3) is 3.37. The van der Waals surface area contributed by atoms with Crippen molar-refractivity contribution >= 4 is 58.0 Å². The molecule has 0 aliphatic heterocycles. The molecule has 0 saturated carbocycles. The minimum Gasteiger partial charge on any atom is -0.318 e. The largest absolute Gasteiger partial charge is 0.318 e. The molecule has 1 N–H and O–H groups in total. The van der Waals surface area contributed by atoms with Crippen molar-refractivity contribution in [3.63, 3.8) is 0 Å². The van der Waals surface area contributed by atoms with Crippen LogP contribution in [0.1, 0.15) is 10.5 Å². The summed E-state index contributed by atoms with van der Waals surface area (Å²) in [5.41, 5.74) is -0.736. The topological polar surface area (TPSA) is 42.0 Å². The van der Waals surface area contributed by atoms with Crippen LogP contribution in [0.2, 0.25) is 20.2 Å². The second-order valence-electron chi connectivity index (χ2n) is 3.77. The van der Waals surface area contributed by atoms with E-state index in [-0.39, 0.29) is 31.6 Å². The molecule has 110 valence electrons. The summed E-state index contributed by atoms with van der Waals surface area (Å²) >= 11 is 23.0. The Bertz CT molecular complexity index is 740. The van der Waals surface area contributed by atoms with Gasteiger partial charge in [-0.2, -0.15) is 0 Å². The average molecular weight is 372 g/mol. The Morgan fingerprint density at radius 1 is 1.05 bits per heavy atom. The molecule has 0 saturated heterocycles. The highest BCUT2D eigenvalue weighted by Crippen LogP contribution is 2.36. The van der Waals surface area contributed by atoms with Gasteiger partial charge in [0.05, 0.1) is 20.8 Å². The Hall–Kier alpha value is -1.14. The van der Waals surface area contributed by atoms with Crippen LogP contribution >= 0.6 is 46.4 Å². The lowest BCUT2D eigenvalue weighted by Crippen LogP contribution is -2.16. The first-order valence-electron chi connectivity index (χ1n) is 5.27. The first-order valence-corrected chi connectivity index (χ1v) is 6.79. The Kier molecular flexibility index (Phi) is 4.88. The summed E-state index contributed by atoms with van der Waals surface area (Å²) in [5, 5.41) is 1.35. The van der Waals surface area contributed by atoms with Crippen LogP contribution in [0.3, 0.4) is 0 Å². The summed E-state index contributed by atoms with van der Waals surface area (Å²) in [7, 11) is 0. The van der Waals surface area contributed by atoms with Gasteiger partial charge in [-0.15, -0.1) is 0 Å². The molecule has 2 aromatic rings. The van der Waals surface area contributed by atoms with Gasteiger partial charge in [0.1, 0.15) is 22.5 Å². The van der Waals surface area contributed by atoms with Crippen LogP contribution in [0.5, 0.6) is 0 Å². The first kappa shape index (κ1) is 16.2. The molecule has 0 fully saturated rings. The fourth-order valence-electron chi connectivity index (χ4n) is 1.41. The summed E-state index contributed by atoms with van der Waals surface area (Å²) in [4.78, 5) is 15.7. The summed E-state index contributed by atoms with van der Waals surface area (Å²) in [6.07, 6.45) is 0. The molecule has 1 aromatic heterocycles. The number of nitrogens with zero attached hydrogens (tertiary/aromatic N) is 1. The van der Waals surface area contributed by atoms with E-state index in [0.29, 0.717) is 0 Å². The molecule has 0 bridgehead atoms. The zero-order valence-electron chi connectivity index (χ0n) is 9.86. The summed E-state index contributed by atoms with van der Waals surface area (Å²) in [5.74, 6) is -2.46. The highest BCUT2D eigenvalue weighted by molar-refractivity contribution is 6.52. The van der Waals surface area contributed by atoms with Crippen LogP contribution in [-0.2, 0) is 0 Å². The van der Waals surface area contributed by atoms with Gasteiger partial charge < -0.3 is 5.32 Å². The molecule has 1 heterocycles. The maximum Gasteiger partial charge on any atom is 0.276 e. The highest BCUT2D eigenvalue weighted by Gasteiger charge is 2.21. The van der Waals surface area contributed by atoms with E-state index < -0.39 is 17.5 Å². The number of amides is 1. The number of halogens is 6. The number of hydrogen-bond acceptors (Lipinski definition) is 2. The van der Waals surface area contributed by atoms with Crippen LogP contribution in [0.15, 0.2) is 18.2 Å². The van der Waals surface area contributed by atoms with Crippen LogP contribution in [0.25, 0.3) is 0 Å². The first-order chi connectivity index (χ1) is 9.81. The second kappa shape index (κ2) is 6.32. The van der Waals surface area contributed by atoms with Gasteiger partial charge >= 0.3 is 0 Å². The van der Waals surface area contributed by atoms with Gasteiger partial charge in [0.25, 0.3) is 5.91 Å². The molecule has 21 heavy (non-hydrogen) atoms. The number of nitrogens with one attached hydrogen (secondary N) is 1. The van der Waals surface area contributed by atoms with E-state index in [0.717, 1.165) is 18.2 Å². The Labute approximate surface area is 137 Å². The van der Waals surface area contributed by atoms with Crippen molar-refractivity contribution in [2.75, 3.05) is 5.32 Å². The minimum atomic E-state index is -0.912. The summed E-state index contributed by atoms with van der Waals surface area (Å²) < 4.78 is 26.5. The Balaban J connectivity index is 2.40. The van der Waals surface area contributed by atoms with Crippen molar-refractivity contribution < 1.29 is 13.6 Å². The molecule has 0 radical (unpaired) electrons. The molecule has 1 amide bonds. The smallest absolute Gasteiger partial charge is 0.276 e. The van der Waals surface area contributed by atoms with Crippen molar-refractivity contribution in [1.29, 1.82) is 0 Å². The van der Waals surface area contributed by atoms with Crippen LogP contribution in [-0.4, -0.2) is 10.9 Å². The van der Waals surface area contributed by atoms with E-state index in [1.807, 2.05) is 0 Å². The zero-order valence-corrected chi connectivity index (χ0v) is 12.9. The van der Waals surface area contributed by atoms with Crippen molar-refractivity contribution in [2.45, 2.75) is 0 Å². The second-order valence-corrected chi connectivity index (χ2v) is 5.26. The van der Waals surface area contributed by atoms with Crippen LogP contribution in [0.4, 0.5) is 14.5 Å². The number of anilines is 1. The third-order valence-electron chi connectivity index (χ3n) is 2.38. The number of carbonyl (C=O) groups is 1. The number of pyridine rings is 1. The van der Waals surface area contributed by atoms with E-state index >= 15 is 0 Å². The predicted octanol–water partition coefficient (Wildman–Crippen LogP) is 5.23. The van der Waals surface area contributed by atoms with Crippen molar-refractivity contribution in [3.8, 4) is 0 Å². The standard InChI is InChI=1S/C12H4Cl4F2N2O/c13-7-8(14)10(20-11(16)9(7)15)12(21)19-6-3-4(17)1-2-5(6)18/h1-3H,(H,19,21). The van der Waals surface area contributed by atoms with Crippen molar-refractivity contribution in [3.05, 3.63) is 55.7 Å². The monoisotopic (exact) mass is 370 g/mol. The summed E-state index contributed by atoms with van der Waals surface area (Å²) in [6.45, 7) is 0. The average Bonchev–Trinajstić information content (AvgIpc) is 2.44.